The molecule has 23 heavy (non-hydrogen) atoms. The molecule has 3 nitrogen and oxygen atoms in total. The quantitative estimate of drug-likeness (QED) is 0.590. The normalized spacial score (nSPS) is 48.7. The molecule has 0 radical (unpaired) electrons. The Hall–Kier alpha value is -0.830. The Labute approximate surface area is 139 Å². The second-order valence-electron chi connectivity index (χ2n) is 8.68. The first-order chi connectivity index (χ1) is 11.0. The first-order valence-corrected chi connectivity index (χ1v) is 9.55. The van der Waals surface area contributed by atoms with Crippen LogP contribution in [0.1, 0.15) is 65.2 Å². The summed E-state index contributed by atoms with van der Waals surface area (Å²) in [6.07, 6.45) is 11.5. The van der Waals surface area contributed by atoms with E-state index in [0.717, 1.165) is 30.6 Å². The number of rotatable bonds is 1. The first kappa shape index (κ1) is 15.7. The lowest BCUT2D eigenvalue weighted by Gasteiger charge is -2.53. The lowest BCUT2D eigenvalue weighted by molar-refractivity contribution is -0.145. The van der Waals surface area contributed by atoms with E-state index in [2.05, 4.69) is 13.0 Å². The Kier molecular flexibility index (Phi) is 3.83. The summed E-state index contributed by atoms with van der Waals surface area (Å²) >= 11 is 0. The number of carbonyl (C=O) groups excluding carboxylic acids is 1. The van der Waals surface area contributed by atoms with Crippen molar-refractivity contribution in [2.24, 2.45) is 29.1 Å². The second-order valence-corrected chi connectivity index (χ2v) is 8.68. The van der Waals surface area contributed by atoms with Crippen molar-refractivity contribution in [1.29, 1.82) is 0 Å². The number of aliphatic hydroxyl groups excluding tert-OH is 1. The first-order valence-electron chi connectivity index (χ1n) is 9.55. The average Bonchev–Trinajstić information content (AvgIpc) is 2.82. The molecule has 3 heteroatoms. The van der Waals surface area contributed by atoms with Gasteiger partial charge in [-0.3, -0.25) is 4.79 Å². The number of hydrogen-bond donors (Lipinski definition) is 1. The van der Waals surface area contributed by atoms with Crippen molar-refractivity contribution in [2.75, 3.05) is 0 Å². The van der Waals surface area contributed by atoms with Crippen molar-refractivity contribution in [1.82, 2.24) is 0 Å². The minimum absolute atomic E-state index is 0.0115. The minimum Gasteiger partial charge on any atom is -0.458 e. The van der Waals surface area contributed by atoms with Crippen LogP contribution in [0, 0.1) is 29.1 Å². The van der Waals surface area contributed by atoms with E-state index >= 15 is 0 Å². The van der Waals surface area contributed by atoms with Gasteiger partial charge in [-0.2, -0.15) is 0 Å². The van der Waals surface area contributed by atoms with Crippen molar-refractivity contribution < 1.29 is 14.6 Å². The summed E-state index contributed by atoms with van der Waals surface area (Å²) in [4.78, 5) is 11.2. The second kappa shape index (κ2) is 5.61. The number of allylic oxidation sites excluding steroid dienone is 1. The molecule has 4 rings (SSSR count). The van der Waals surface area contributed by atoms with Gasteiger partial charge in [-0.15, -0.1) is 0 Å². The summed E-state index contributed by atoms with van der Waals surface area (Å²) in [5, 5.41) is 10.5. The van der Waals surface area contributed by atoms with E-state index in [9.17, 15) is 9.90 Å². The molecule has 0 aromatic heterocycles. The SMILES string of the molecule is CC(=O)OC1C=C2CC[C@@H]3[C@H](CC[C@]4(C)C(O)CC[C@@H]34)[C@H]2CC1. The van der Waals surface area contributed by atoms with Crippen LogP contribution < -0.4 is 0 Å². The predicted molar refractivity (Wildman–Crippen MR) is 88.6 cm³/mol. The molecule has 3 fully saturated rings. The standard InChI is InChI=1S/C20H30O3/c1-12(21)23-14-4-6-15-13(11-14)3-5-17-16(15)9-10-20(2)18(17)7-8-19(20)22/h11,14-19,22H,3-10H2,1-2H3/t14?,15-,16+,17+,18-,19?,20-/m0/s1. The monoisotopic (exact) mass is 318 g/mol. The Morgan fingerprint density at radius 2 is 2.00 bits per heavy atom. The van der Waals surface area contributed by atoms with Gasteiger partial charge in [0.15, 0.2) is 0 Å². The molecule has 0 bridgehead atoms. The smallest absolute Gasteiger partial charge is 0.303 e. The highest BCUT2D eigenvalue weighted by Gasteiger charge is 2.55. The molecule has 0 amide bonds. The molecule has 3 saturated carbocycles. The number of esters is 1. The zero-order valence-corrected chi connectivity index (χ0v) is 14.5. The van der Waals surface area contributed by atoms with E-state index in [1.165, 1.54) is 45.4 Å². The zero-order valence-electron chi connectivity index (χ0n) is 14.5. The van der Waals surface area contributed by atoms with E-state index in [4.69, 9.17) is 4.74 Å². The molecule has 0 heterocycles. The maximum atomic E-state index is 11.2. The van der Waals surface area contributed by atoms with E-state index in [1.807, 2.05) is 0 Å². The molecule has 1 N–H and O–H groups in total. The fourth-order valence-corrected chi connectivity index (χ4v) is 6.58. The summed E-state index contributed by atoms with van der Waals surface area (Å²) in [7, 11) is 0. The molecule has 2 unspecified atom stereocenters. The molecule has 0 aliphatic heterocycles. The van der Waals surface area contributed by atoms with E-state index in [-0.39, 0.29) is 23.6 Å². The summed E-state index contributed by atoms with van der Waals surface area (Å²) < 4.78 is 5.43. The number of carbonyl (C=O) groups is 1. The number of aliphatic hydroxyl groups is 1. The van der Waals surface area contributed by atoms with Crippen molar-refractivity contribution in [2.45, 2.75) is 77.4 Å². The lowest BCUT2D eigenvalue weighted by Crippen LogP contribution is -2.47. The van der Waals surface area contributed by atoms with Crippen LogP contribution in [0.5, 0.6) is 0 Å². The fraction of sp³-hybridized carbons (Fsp3) is 0.850. The van der Waals surface area contributed by atoms with Crippen LogP contribution in [0.3, 0.4) is 0 Å². The average molecular weight is 318 g/mol. The maximum absolute atomic E-state index is 11.2. The fourth-order valence-electron chi connectivity index (χ4n) is 6.58. The number of ether oxygens (including phenoxy) is 1. The molecule has 128 valence electrons. The van der Waals surface area contributed by atoms with Gasteiger partial charge in [0.1, 0.15) is 6.10 Å². The molecular weight excluding hydrogens is 288 g/mol. The third kappa shape index (κ3) is 2.47. The third-order valence-corrected chi connectivity index (χ3v) is 7.68. The number of hydrogen-bond acceptors (Lipinski definition) is 3. The van der Waals surface area contributed by atoms with Crippen LogP contribution in [0.2, 0.25) is 0 Å². The highest BCUT2D eigenvalue weighted by atomic mass is 16.5. The van der Waals surface area contributed by atoms with Crippen LogP contribution in [-0.2, 0) is 9.53 Å². The van der Waals surface area contributed by atoms with Gasteiger partial charge in [0.2, 0.25) is 0 Å². The van der Waals surface area contributed by atoms with Crippen LogP contribution in [-0.4, -0.2) is 23.3 Å². The molecular formula is C20H30O3. The molecule has 7 atom stereocenters. The summed E-state index contributed by atoms with van der Waals surface area (Å²) in [6, 6.07) is 0. The Morgan fingerprint density at radius 1 is 1.17 bits per heavy atom. The van der Waals surface area contributed by atoms with Gasteiger partial charge in [0, 0.05) is 6.92 Å². The van der Waals surface area contributed by atoms with Gasteiger partial charge in [0.05, 0.1) is 6.10 Å². The summed E-state index contributed by atoms with van der Waals surface area (Å²) in [5.74, 6) is 2.88. The van der Waals surface area contributed by atoms with Crippen LogP contribution in [0.25, 0.3) is 0 Å². The van der Waals surface area contributed by atoms with Crippen LogP contribution in [0.4, 0.5) is 0 Å². The Morgan fingerprint density at radius 3 is 2.78 bits per heavy atom. The Bertz CT molecular complexity index is 525. The van der Waals surface area contributed by atoms with Crippen LogP contribution in [0.15, 0.2) is 11.6 Å². The molecule has 0 spiro atoms. The van der Waals surface area contributed by atoms with Crippen molar-refractivity contribution in [3.63, 3.8) is 0 Å². The molecule has 0 aromatic carbocycles. The van der Waals surface area contributed by atoms with E-state index < -0.39 is 0 Å². The van der Waals surface area contributed by atoms with Crippen molar-refractivity contribution >= 4 is 5.97 Å². The van der Waals surface area contributed by atoms with Gasteiger partial charge >= 0.3 is 5.97 Å². The van der Waals surface area contributed by atoms with E-state index in [0.29, 0.717) is 5.92 Å². The zero-order chi connectivity index (χ0) is 16.2. The minimum atomic E-state index is -0.160. The summed E-state index contributed by atoms with van der Waals surface area (Å²) in [6.45, 7) is 3.85. The number of fused-ring (bicyclic) bond motifs is 5. The molecule has 0 saturated heterocycles. The topological polar surface area (TPSA) is 46.5 Å². The van der Waals surface area contributed by atoms with Gasteiger partial charge in [-0.25, -0.2) is 0 Å². The highest BCUT2D eigenvalue weighted by Crippen LogP contribution is 2.61. The van der Waals surface area contributed by atoms with Gasteiger partial charge in [0.25, 0.3) is 0 Å². The maximum Gasteiger partial charge on any atom is 0.303 e. The molecule has 0 aromatic rings. The van der Waals surface area contributed by atoms with Gasteiger partial charge in [-0.05, 0) is 86.5 Å². The van der Waals surface area contributed by atoms with Gasteiger partial charge in [-0.1, -0.05) is 12.5 Å². The van der Waals surface area contributed by atoms with Crippen molar-refractivity contribution in [3.05, 3.63) is 11.6 Å². The molecule has 4 aliphatic carbocycles. The van der Waals surface area contributed by atoms with E-state index in [1.54, 1.807) is 5.57 Å². The van der Waals surface area contributed by atoms with Crippen molar-refractivity contribution in [3.8, 4) is 0 Å². The van der Waals surface area contributed by atoms with Crippen LogP contribution >= 0.6 is 0 Å². The van der Waals surface area contributed by atoms with Gasteiger partial charge < -0.3 is 9.84 Å². The predicted octanol–water partition coefficient (Wildman–Crippen LogP) is 3.85. The highest BCUT2D eigenvalue weighted by molar-refractivity contribution is 5.66. The molecule has 4 aliphatic rings. The third-order valence-electron chi connectivity index (χ3n) is 7.68. The largest absolute Gasteiger partial charge is 0.458 e. The lowest BCUT2D eigenvalue weighted by atomic mass is 9.52. The Balaban J connectivity index is 1.53. The summed E-state index contributed by atoms with van der Waals surface area (Å²) in [5.41, 5.74) is 1.74.